The average Bonchev–Trinajstić information content (AvgIpc) is 2.11. The third-order valence-electron chi connectivity index (χ3n) is 1.63. The van der Waals surface area contributed by atoms with Gasteiger partial charge in [0, 0.05) is 5.75 Å². The van der Waals surface area contributed by atoms with Crippen molar-refractivity contribution >= 4 is 23.4 Å². The van der Waals surface area contributed by atoms with E-state index in [2.05, 4.69) is 6.26 Å². The molecule has 0 spiro atoms. The van der Waals surface area contributed by atoms with Gasteiger partial charge in [0.05, 0.1) is 11.6 Å². The molecule has 0 atom stereocenters. The second-order valence-corrected chi connectivity index (χ2v) is 4.17. The molecule has 1 nitrogen and oxygen atoms in total. The molecule has 72 valence electrons. The van der Waals surface area contributed by atoms with Crippen molar-refractivity contribution in [2.24, 2.45) is 0 Å². The van der Waals surface area contributed by atoms with Gasteiger partial charge in [-0.2, -0.15) is 11.8 Å². The maximum atomic E-state index is 5.94. The molecule has 0 aliphatic carbocycles. The van der Waals surface area contributed by atoms with Gasteiger partial charge in [-0.25, -0.2) is 0 Å². The predicted molar refractivity (Wildman–Crippen MR) is 60.1 cm³/mol. The van der Waals surface area contributed by atoms with Gasteiger partial charge in [-0.3, -0.25) is 0 Å². The van der Waals surface area contributed by atoms with Crippen molar-refractivity contribution < 1.29 is 4.74 Å². The third-order valence-corrected chi connectivity index (χ3v) is 2.52. The second-order valence-electron chi connectivity index (χ2n) is 2.78. The number of hydrogen-bond acceptors (Lipinski definition) is 2. The van der Waals surface area contributed by atoms with Crippen LogP contribution in [-0.4, -0.2) is 18.6 Å². The maximum absolute atomic E-state index is 5.94. The number of halogens is 1. The topological polar surface area (TPSA) is 9.23 Å². The van der Waals surface area contributed by atoms with E-state index in [0.717, 1.165) is 11.5 Å². The monoisotopic (exact) mass is 216 g/mol. The van der Waals surface area contributed by atoms with Gasteiger partial charge >= 0.3 is 0 Å². The highest BCUT2D eigenvalue weighted by Gasteiger charge is 2.00. The Labute approximate surface area is 88.4 Å². The van der Waals surface area contributed by atoms with Gasteiger partial charge < -0.3 is 4.74 Å². The van der Waals surface area contributed by atoms with Crippen molar-refractivity contribution in [2.75, 3.05) is 18.6 Å². The van der Waals surface area contributed by atoms with Gasteiger partial charge in [0.25, 0.3) is 0 Å². The standard InChI is InChI=1S/C10H13ClOS/c1-8-3-4-9(11)10(7-8)12-5-6-13-2/h3-4,7H,5-6H2,1-2H3. The highest BCUT2D eigenvalue weighted by Crippen LogP contribution is 2.25. The van der Waals surface area contributed by atoms with Crippen LogP contribution < -0.4 is 4.74 Å². The van der Waals surface area contributed by atoms with Gasteiger partial charge in [0.2, 0.25) is 0 Å². The molecule has 0 heterocycles. The molecule has 0 radical (unpaired) electrons. The lowest BCUT2D eigenvalue weighted by molar-refractivity contribution is 0.344. The fourth-order valence-corrected chi connectivity index (χ4v) is 1.38. The van der Waals surface area contributed by atoms with Crippen LogP contribution in [0.25, 0.3) is 0 Å². The molecule has 0 aliphatic rings. The zero-order valence-electron chi connectivity index (χ0n) is 7.84. The number of rotatable bonds is 4. The lowest BCUT2D eigenvalue weighted by atomic mass is 10.2. The molecular formula is C10H13ClOS. The second kappa shape index (κ2) is 5.40. The van der Waals surface area contributed by atoms with Crippen LogP contribution in [0.5, 0.6) is 5.75 Å². The van der Waals surface area contributed by atoms with Gasteiger partial charge in [-0.1, -0.05) is 17.7 Å². The summed E-state index contributed by atoms with van der Waals surface area (Å²) in [6.07, 6.45) is 2.06. The number of benzene rings is 1. The van der Waals surface area contributed by atoms with Crippen molar-refractivity contribution in [3.8, 4) is 5.75 Å². The molecule has 13 heavy (non-hydrogen) atoms. The summed E-state index contributed by atoms with van der Waals surface area (Å²) >= 11 is 7.71. The molecule has 0 aromatic heterocycles. The average molecular weight is 217 g/mol. The van der Waals surface area contributed by atoms with Crippen molar-refractivity contribution in [3.05, 3.63) is 28.8 Å². The normalized spacial score (nSPS) is 10.1. The van der Waals surface area contributed by atoms with E-state index in [1.54, 1.807) is 11.8 Å². The lowest BCUT2D eigenvalue weighted by Gasteiger charge is -2.07. The van der Waals surface area contributed by atoms with Crippen LogP contribution in [0.4, 0.5) is 0 Å². The van der Waals surface area contributed by atoms with E-state index in [4.69, 9.17) is 16.3 Å². The summed E-state index contributed by atoms with van der Waals surface area (Å²) in [4.78, 5) is 0. The molecule has 0 amide bonds. The van der Waals surface area contributed by atoms with Crippen molar-refractivity contribution in [1.82, 2.24) is 0 Å². The SMILES string of the molecule is CSCCOc1cc(C)ccc1Cl. The molecule has 0 unspecified atom stereocenters. The zero-order chi connectivity index (χ0) is 9.68. The molecule has 1 aromatic rings. The summed E-state index contributed by atoms with van der Waals surface area (Å²) < 4.78 is 5.51. The Bertz CT molecular complexity index is 276. The van der Waals surface area contributed by atoms with Crippen LogP contribution in [0, 0.1) is 6.92 Å². The highest BCUT2D eigenvalue weighted by molar-refractivity contribution is 7.98. The van der Waals surface area contributed by atoms with Gasteiger partial charge in [-0.05, 0) is 30.9 Å². The van der Waals surface area contributed by atoms with Crippen LogP contribution in [0.2, 0.25) is 5.02 Å². The Hall–Kier alpha value is -0.340. The van der Waals surface area contributed by atoms with E-state index in [9.17, 15) is 0 Å². The molecule has 3 heteroatoms. The fraction of sp³-hybridized carbons (Fsp3) is 0.400. The van der Waals surface area contributed by atoms with E-state index >= 15 is 0 Å². The predicted octanol–water partition coefficient (Wildman–Crippen LogP) is 3.39. The minimum atomic E-state index is 0.687. The summed E-state index contributed by atoms with van der Waals surface area (Å²) in [6.45, 7) is 2.74. The Morgan fingerprint density at radius 1 is 1.46 bits per heavy atom. The van der Waals surface area contributed by atoms with E-state index < -0.39 is 0 Å². The summed E-state index contributed by atoms with van der Waals surface area (Å²) in [5.41, 5.74) is 1.17. The number of ether oxygens (including phenoxy) is 1. The van der Waals surface area contributed by atoms with Crippen molar-refractivity contribution in [1.29, 1.82) is 0 Å². The highest BCUT2D eigenvalue weighted by atomic mass is 35.5. The van der Waals surface area contributed by atoms with E-state index in [1.165, 1.54) is 5.56 Å². The first-order chi connectivity index (χ1) is 6.24. The maximum Gasteiger partial charge on any atom is 0.138 e. The molecule has 0 fully saturated rings. The Balaban J connectivity index is 2.59. The number of hydrogen-bond donors (Lipinski definition) is 0. The molecule has 0 bridgehead atoms. The van der Waals surface area contributed by atoms with Gasteiger partial charge in [-0.15, -0.1) is 0 Å². The smallest absolute Gasteiger partial charge is 0.138 e. The van der Waals surface area contributed by atoms with Crippen LogP contribution in [0.3, 0.4) is 0 Å². The van der Waals surface area contributed by atoms with E-state index in [-0.39, 0.29) is 0 Å². The minimum absolute atomic E-state index is 0.687. The van der Waals surface area contributed by atoms with E-state index in [0.29, 0.717) is 11.6 Å². The minimum Gasteiger partial charge on any atom is -0.491 e. The molecule has 1 rings (SSSR count). The van der Waals surface area contributed by atoms with E-state index in [1.807, 2.05) is 25.1 Å². The summed E-state index contributed by atoms with van der Waals surface area (Å²) in [5.74, 6) is 1.78. The van der Waals surface area contributed by atoms with Crippen LogP contribution in [0.15, 0.2) is 18.2 Å². The fourth-order valence-electron chi connectivity index (χ4n) is 0.956. The van der Waals surface area contributed by atoms with Crippen LogP contribution >= 0.6 is 23.4 Å². The molecule has 1 aromatic carbocycles. The van der Waals surface area contributed by atoms with Crippen LogP contribution in [-0.2, 0) is 0 Å². The first-order valence-corrected chi connectivity index (χ1v) is 5.89. The lowest BCUT2D eigenvalue weighted by Crippen LogP contribution is -2.00. The van der Waals surface area contributed by atoms with Crippen molar-refractivity contribution in [2.45, 2.75) is 6.92 Å². The quantitative estimate of drug-likeness (QED) is 0.714. The first kappa shape index (κ1) is 10.7. The number of aryl methyl sites for hydroxylation is 1. The molecule has 0 saturated carbocycles. The molecule has 0 saturated heterocycles. The molecule has 0 aliphatic heterocycles. The van der Waals surface area contributed by atoms with Crippen molar-refractivity contribution in [3.63, 3.8) is 0 Å². The number of thioether (sulfide) groups is 1. The zero-order valence-corrected chi connectivity index (χ0v) is 9.41. The first-order valence-electron chi connectivity index (χ1n) is 4.12. The summed E-state index contributed by atoms with van der Waals surface area (Å²) in [7, 11) is 0. The van der Waals surface area contributed by atoms with Gasteiger partial charge in [0.15, 0.2) is 0 Å². The summed E-state index contributed by atoms with van der Waals surface area (Å²) in [6, 6.07) is 5.80. The Morgan fingerprint density at radius 2 is 2.23 bits per heavy atom. The van der Waals surface area contributed by atoms with Crippen LogP contribution in [0.1, 0.15) is 5.56 Å². The Kier molecular flexibility index (Phi) is 4.46. The van der Waals surface area contributed by atoms with Gasteiger partial charge in [0.1, 0.15) is 5.75 Å². The Morgan fingerprint density at radius 3 is 2.92 bits per heavy atom. The molecule has 0 N–H and O–H groups in total. The third kappa shape index (κ3) is 3.49. The summed E-state index contributed by atoms with van der Waals surface area (Å²) in [5, 5.41) is 0.687. The largest absolute Gasteiger partial charge is 0.491 e. The molecular weight excluding hydrogens is 204 g/mol.